The van der Waals surface area contributed by atoms with Gasteiger partial charge in [-0.2, -0.15) is 0 Å². The fourth-order valence-corrected chi connectivity index (χ4v) is 5.75. The molecule has 4 aliphatic rings. The van der Waals surface area contributed by atoms with E-state index in [4.69, 9.17) is 16.5 Å². The van der Waals surface area contributed by atoms with E-state index in [9.17, 15) is 4.79 Å². The number of nitrogens with one attached hydrogen (secondary N) is 1. The van der Waals surface area contributed by atoms with Gasteiger partial charge in [0.15, 0.2) is 0 Å². The Kier molecular flexibility index (Phi) is 9.32. The predicted molar refractivity (Wildman–Crippen MR) is 158 cm³/mol. The number of anilines is 2. The molecule has 0 spiro atoms. The van der Waals surface area contributed by atoms with Crippen LogP contribution in [0.2, 0.25) is 0 Å². The Morgan fingerprint density at radius 1 is 0.816 bits per heavy atom. The van der Waals surface area contributed by atoms with E-state index in [0.717, 1.165) is 54.3 Å². The number of aromatic nitrogens is 4. The lowest BCUT2D eigenvalue weighted by Gasteiger charge is -2.18. The average Bonchev–Trinajstić information content (AvgIpc) is 3.71. The number of nitrogens with zero attached hydrogens (tertiary/aromatic N) is 3. The predicted octanol–water partition coefficient (Wildman–Crippen LogP) is 6.79. The number of fused-ring (bicyclic) bond motifs is 4. The van der Waals surface area contributed by atoms with Crippen LogP contribution in [0.25, 0.3) is 23.2 Å². The third-order valence-electron chi connectivity index (χ3n) is 7.96. The minimum absolute atomic E-state index is 0. The Labute approximate surface area is 226 Å². The molecule has 4 aliphatic carbocycles. The zero-order valence-corrected chi connectivity index (χ0v) is 21.6. The molecule has 3 aromatic rings. The van der Waals surface area contributed by atoms with E-state index in [0.29, 0.717) is 23.2 Å². The van der Waals surface area contributed by atoms with Crippen LogP contribution >= 0.6 is 0 Å². The first-order chi connectivity index (χ1) is 18.1. The number of carbonyl (C=O) groups excluding carboxylic acids is 1. The number of allylic oxidation sites excluding steroid dienone is 2. The van der Waals surface area contributed by atoms with Gasteiger partial charge in [-0.3, -0.25) is 9.97 Å². The molecule has 5 N–H and O–H groups in total. The van der Waals surface area contributed by atoms with E-state index in [1.807, 2.05) is 18.3 Å². The summed E-state index contributed by atoms with van der Waals surface area (Å²) < 4.78 is 0. The minimum Gasteiger partial charge on any atom is -0.396 e. The van der Waals surface area contributed by atoms with Crippen molar-refractivity contribution in [3.63, 3.8) is 0 Å². The molecule has 0 atom stereocenters. The zero-order chi connectivity index (χ0) is 25.6. The van der Waals surface area contributed by atoms with E-state index in [-0.39, 0.29) is 7.43 Å². The number of aldehydes is 1. The summed E-state index contributed by atoms with van der Waals surface area (Å²) in [5.74, 6) is 2.22. The molecule has 2 fully saturated rings. The number of nitrogen functional groups attached to an aromatic ring is 2. The number of rotatable bonds is 2. The molecule has 0 saturated heterocycles. The number of aromatic amines is 1. The summed E-state index contributed by atoms with van der Waals surface area (Å²) in [6.45, 7) is 0. The molecule has 7 nitrogen and oxygen atoms in total. The lowest BCUT2D eigenvalue weighted by atomic mass is 9.89. The van der Waals surface area contributed by atoms with Crippen LogP contribution in [0.5, 0.6) is 0 Å². The highest BCUT2D eigenvalue weighted by Crippen LogP contribution is 2.33. The molecule has 0 amide bonds. The van der Waals surface area contributed by atoms with Crippen LogP contribution in [-0.4, -0.2) is 26.2 Å². The molecule has 0 aromatic carbocycles. The molecule has 3 aromatic heterocycles. The van der Waals surface area contributed by atoms with Crippen LogP contribution < -0.4 is 11.5 Å². The third-order valence-corrected chi connectivity index (χ3v) is 7.96. The number of hydrogen-bond donors (Lipinski definition) is 3. The molecule has 7 heteroatoms. The van der Waals surface area contributed by atoms with Crippen molar-refractivity contribution in [2.75, 3.05) is 11.5 Å². The Morgan fingerprint density at radius 3 is 2.08 bits per heavy atom. The van der Waals surface area contributed by atoms with Crippen molar-refractivity contribution in [3.8, 4) is 0 Å². The van der Waals surface area contributed by atoms with Crippen molar-refractivity contribution >= 4 is 40.8 Å². The number of carbonyl (C=O) groups is 1. The summed E-state index contributed by atoms with van der Waals surface area (Å²) in [5, 5.41) is 0. The SMILES string of the molecule is C.C1=Cc2c(ncc3[nH]c(C4CCCCC4)nc23)C1.Nc1cnc2c(c1N)C=CC2.O=CC1CCCCC1. The fraction of sp³-hybridized carbons (Fsp3) is 0.484. The molecule has 7 rings (SSSR count). The quantitative estimate of drug-likeness (QED) is 0.323. The molecule has 2 saturated carbocycles. The molecule has 0 unspecified atom stereocenters. The standard InChI is InChI=1S/C15H17N3.C8H9N3.C7H12O.CH4/c1-2-5-10(6-3-1)15-17-13-9-16-12-8-4-7-11(12)14(13)18-15;9-6-4-11-7-3-1-2-5(7)8(6)10;8-6-7-4-2-1-3-5-7;/h4,7,9-10H,1-3,5-6,8H2,(H,17,18);1-2,4H,3,9H2,(H2,10,11);6-7H,1-5H2;1H4. The van der Waals surface area contributed by atoms with Crippen LogP contribution in [0, 0.1) is 5.92 Å². The van der Waals surface area contributed by atoms with Gasteiger partial charge in [0, 0.05) is 35.8 Å². The summed E-state index contributed by atoms with van der Waals surface area (Å²) in [4.78, 5) is 27.2. The highest BCUT2D eigenvalue weighted by molar-refractivity contribution is 5.87. The van der Waals surface area contributed by atoms with Crippen LogP contribution in [0.4, 0.5) is 11.4 Å². The molecule has 0 aliphatic heterocycles. The molecule has 3 heterocycles. The molecule has 38 heavy (non-hydrogen) atoms. The van der Waals surface area contributed by atoms with Gasteiger partial charge in [0.2, 0.25) is 0 Å². The molecule has 0 radical (unpaired) electrons. The van der Waals surface area contributed by atoms with E-state index < -0.39 is 0 Å². The highest BCUT2D eigenvalue weighted by Gasteiger charge is 2.21. The topological polar surface area (TPSA) is 124 Å². The average molecular weight is 515 g/mol. The van der Waals surface area contributed by atoms with E-state index >= 15 is 0 Å². The summed E-state index contributed by atoms with van der Waals surface area (Å²) in [6.07, 6.45) is 27.6. The molecule has 202 valence electrons. The highest BCUT2D eigenvalue weighted by atomic mass is 16.1. The smallest absolute Gasteiger partial charge is 0.123 e. The van der Waals surface area contributed by atoms with Crippen molar-refractivity contribution in [3.05, 3.63) is 52.9 Å². The monoisotopic (exact) mass is 514 g/mol. The Morgan fingerprint density at radius 2 is 1.42 bits per heavy atom. The van der Waals surface area contributed by atoms with Crippen LogP contribution in [0.15, 0.2) is 24.5 Å². The molecular formula is C31H42N6O. The normalized spacial score (nSPS) is 18.0. The Bertz CT molecular complexity index is 1300. The van der Waals surface area contributed by atoms with Gasteiger partial charge in [0.1, 0.15) is 12.1 Å². The maximum Gasteiger partial charge on any atom is 0.123 e. The zero-order valence-electron chi connectivity index (χ0n) is 21.6. The summed E-state index contributed by atoms with van der Waals surface area (Å²) in [7, 11) is 0. The largest absolute Gasteiger partial charge is 0.396 e. The number of pyridine rings is 2. The lowest BCUT2D eigenvalue weighted by Crippen LogP contribution is -2.06. The second kappa shape index (κ2) is 12.9. The maximum atomic E-state index is 10.2. The van der Waals surface area contributed by atoms with E-state index in [1.165, 1.54) is 68.4 Å². The summed E-state index contributed by atoms with van der Waals surface area (Å²) in [5.41, 5.74) is 19.1. The fourth-order valence-electron chi connectivity index (χ4n) is 5.75. The second-order valence-corrected chi connectivity index (χ2v) is 10.6. The summed E-state index contributed by atoms with van der Waals surface area (Å²) in [6, 6.07) is 0. The maximum absolute atomic E-state index is 10.2. The molecular weight excluding hydrogens is 472 g/mol. The first-order valence-electron chi connectivity index (χ1n) is 13.8. The van der Waals surface area contributed by atoms with Crippen molar-refractivity contribution in [2.24, 2.45) is 5.92 Å². The Hall–Kier alpha value is -3.48. The van der Waals surface area contributed by atoms with Gasteiger partial charge in [-0.25, -0.2) is 4.98 Å². The van der Waals surface area contributed by atoms with Gasteiger partial charge in [-0.15, -0.1) is 0 Å². The van der Waals surface area contributed by atoms with Crippen molar-refractivity contribution < 1.29 is 4.79 Å². The Balaban J connectivity index is 0.000000144. The van der Waals surface area contributed by atoms with Gasteiger partial charge < -0.3 is 21.2 Å². The first kappa shape index (κ1) is 27.6. The van der Waals surface area contributed by atoms with E-state index in [2.05, 4.69) is 27.1 Å². The van der Waals surface area contributed by atoms with Gasteiger partial charge in [-0.05, 0) is 25.7 Å². The minimum atomic E-state index is 0. The lowest BCUT2D eigenvalue weighted by molar-refractivity contribution is -0.111. The van der Waals surface area contributed by atoms with E-state index in [1.54, 1.807) is 6.20 Å². The number of H-pyrrole nitrogens is 1. The van der Waals surface area contributed by atoms with Crippen LogP contribution in [-0.2, 0) is 17.6 Å². The molecule has 0 bridgehead atoms. The van der Waals surface area contributed by atoms with Gasteiger partial charge in [0.25, 0.3) is 0 Å². The number of hydrogen-bond acceptors (Lipinski definition) is 6. The van der Waals surface area contributed by atoms with Gasteiger partial charge >= 0.3 is 0 Å². The second-order valence-electron chi connectivity index (χ2n) is 10.6. The van der Waals surface area contributed by atoms with Crippen molar-refractivity contribution in [1.82, 2.24) is 19.9 Å². The van der Waals surface area contributed by atoms with Crippen LogP contribution in [0.1, 0.15) is 106 Å². The number of imidazole rings is 1. The number of nitrogens with two attached hydrogens (primary N) is 2. The van der Waals surface area contributed by atoms with Crippen molar-refractivity contribution in [2.45, 2.75) is 90.4 Å². The third kappa shape index (κ3) is 6.14. The summed E-state index contributed by atoms with van der Waals surface area (Å²) >= 11 is 0. The van der Waals surface area contributed by atoms with Gasteiger partial charge in [0.05, 0.1) is 46.2 Å². The van der Waals surface area contributed by atoms with Crippen LogP contribution in [0.3, 0.4) is 0 Å². The van der Waals surface area contributed by atoms with Gasteiger partial charge in [-0.1, -0.05) is 70.3 Å². The van der Waals surface area contributed by atoms with Crippen molar-refractivity contribution in [1.29, 1.82) is 0 Å². The first-order valence-corrected chi connectivity index (χ1v) is 13.8.